The number of carbonyl (C=O) groups is 1. The Morgan fingerprint density at radius 1 is 1.33 bits per heavy atom. The molecule has 3 nitrogen and oxygen atoms in total. The van der Waals surface area contributed by atoms with Crippen LogP contribution in [0.3, 0.4) is 0 Å². The summed E-state index contributed by atoms with van der Waals surface area (Å²) in [5.74, 6) is 0.350. The third kappa shape index (κ3) is 3.75. The minimum atomic E-state index is -0.381. The number of ether oxygens (including phenoxy) is 2. The topological polar surface area (TPSA) is 35.5 Å². The predicted molar refractivity (Wildman–Crippen MR) is 61.7 cm³/mol. The van der Waals surface area contributed by atoms with E-state index >= 15 is 0 Å². The quantitative estimate of drug-likeness (QED) is 0.626. The van der Waals surface area contributed by atoms with E-state index in [1.54, 1.807) is 13.2 Å². The molecule has 0 spiro atoms. The molecule has 0 fully saturated rings. The summed E-state index contributed by atoms with van der Waals surface area (Å²) in [6, 6.07) is 5.54. The van der Waals surface area contributed by atoms with Gasteiger partial charge in [-0.3, -0.25) is 0 Å². The third-order valence-corrected chi connectivity index (χ3v) is 2.20. The lowest BCUT2D eigenvalue weighted by Gasteiger charge is -2.02. The van der Waals surface area contributed by atoms with Crippen LogP contribution in [-0.2, 0) is 9.53 Å². The lowest BCUT2D eigenvalue weighted by Crippen LogP contribution is -1.93. The molecule has 1 aromatic rings. The Morgan fingerprint density at radius 3 is 2.67 bits per heavy atom. The van der Waals surface area contributed by atoms with Crippen LogP contribution < -0.4 is 4.74 Å². The maximum Gasteiger partial charge on any atom is 0.330 e. The summed E-state index contributed by atoms with van der Waals surface area (Å²) in [4.78, 5) is 10.9. The second-order valence-corrected chi connectivity index (χ2v) is 3.70. The lowest BCUT2D eigenvalue weighted by molar-refractivity contribution is -0.134. The largest absolute Gasteiger partial charge is 0.497 e. The van der Waals surface area contributed by atoms with E-state index in [0.717, 1.165) is 15.8 Å². The summed E-state index contributed by atoms with van der Waals surface area (Å²) in [7, 11) is 2.93. The monoisotopic (exact) mass is 270 g/mol. The fraction of sp³-hybridized carbons (Fsp3) is 0.182. The Labute approximate surface area is 96.8 Å². The van der Waals surface area contributed by atoms with E-state index in [2.05, 4.69) is 20.7 Å². The van der Waals surface area contributed by atoms with Crippen molar-refractivity contribution in [1.82, 2.24) is 0 Å². The number of hydrogen-bond acceptors (Lipinski definition) is 3. The first-order valence-corrected chi connectivity index (χ1v) is 5.05. The molecule has 0 N–H and O–H groups in total. The molecule has 4 heteroatoms. The minimum Gasteiger partial charge on any atom is -0.497 e. The highest BCUT2D eigenvalue weighted by Gasteiger charge is 1.98. The Hall–Kier alpha value is -1.29. The highest BCUT2D eigenvalue weighted by Crippen LogP contribution is 2.21. The number of halogens is 1. The van der Waals surface area contributed by atoms with Crippen LogP contribution in [-0.4, -0.2) is 20.2 Å². The van der Waals surface area contributed by atoms with Crippen molar-refractivity contribution >= 4 is 28.0 Å². The summed E-state index contributed by atoms with van der Waals surface area (Å²) in [5.41, 5.74) is 0.867. The summed E-state index contributed by atoms with van der Waals surface area (Å²) in [6.07, 6.45) is 3.03. The van der Waals surface area contributed by atoms with E-state index in [0.29, 0.717) is 0 Å². The van der Waals surface area contributed by atoms with Crippen LogP contribution in [0.5, 0.6) is 5.75 Å². The number of carbonyl (C=O) groups excluding carboxylic acids is 1. The van der Waals surface area contributed by atoms with Crippen molar-refractivity contribution in [3.63, 3.8) is 0 Å². The maximum absolute atomic E-state index is 10.9. The average Bonchev–Trinajstić information content (AvgIpc) is 2.25. The molecule has 0 atom stereocenters. The molecule has 1 aromatic carbocycles. The zero-order valence-electron chi connectivity index (χ0n) is 8.49. The molecule has 0 amide bonds. The number of rotatable bonds is 3. The van der Waals surface area contributed by atoms with Crippen molar-refractivity contribution in [1.29, 1.82) is 0 Å². The van der Waals surface area contributed by atoms with Gasteiger partial charge in [0.25, 0.3) is 0 Å². The van der Waals surface area contributed by atoms with Crippen LogP contribution in [0.25, 0.3) is 6.08 Å². The molecule has 0 heterocycles. The van der Waals surface area contributed by atoms with E-state index in [-0.39, 0.29) is 5.97 Å². The van der Waals surface area contributed by atoms with E-state index in [1.165, 1.54) is 13.2 Å². The molecular weight excluding hydrogens is 260 g/mol. The van der Waals surface area contributed by atoms with Crippen molar-refractivity contribution in [2.24, 2.45) is 0 Å². The van der Waals surface area contributed by atoms with Crippen LogP contribution in [0, 0.1) is 0 Å². The van der Waals surface area contributed by atoms with Crippen LogP contribution in [0.4, 0.5) is 0 Å². The summed E-state index contributed by atoms with van der Waals surface area (Å²) < 4.78 is 10.5. The Kier molecular flexibility index (Phi) is 4.37. The van der Waals surface area contributed by atoms with Gasteiger partial charge in [0.05, 0.1) is 14.2 Å². The molecule has 0 saturated carbocycles. The van der Waals surface area contributed by atoms with Gasteiger partial charge < -0.3 is 9.47 Å². The van der Waals surface area contributed by atoms with Gasteiger partial charge in [-0.05, 0) is 29.8 Å². The Balaban J connectivity index is 2.90. The first-order chi connectivity index (χ1) is 7.15. The summed E-state index contributed by atoms with van der Waals surface area (Å²) in [6.45, 7) is 0. The first kappa shape index (κ1) is 11.8. The van der Waals surface area contributed by atoms with Crippen molar-refractivity contribution in [3.05, 3.63) is 34.3 Å². The van der Waals surface area contributed by atoms with Crippen LogP contribution in [0.1, 0.15) is 5.56 Å². The highest BCUT2D eigenvalue weighted by atomic mass is 79.9. The maximum atomic E-state index is 10.9. The molecular formula is C11H11BrO3. The van der Waals surface area contributed by atoms with E-state index < -0.39 is 0 Å². The van der Waals surface area contributed by atoms with Crippen LogP contribution in [0.15, 0.2) is 28.7 Å². The van der Waals surface area contributed by atoms with Gasteiger partial charge in [0, 0.05) is 10.5 Å². The fourth-order valence-corrected chi connectivity index (χ4v) is 1.52. The van der Waals surface area contributed by atoms with E-state index in [9.17, 15) is 4.79 Å². The number of benzene rings is 1. The first-order valence-electron chi connectivity index (χ1n) is 4.26. The van der Waals surface area contributed by atoms with E-state index in [1.807, 2.05) is 18.2 Å². The van der Waals surface area contributed by atoms with Crippen molar-refractivity contribution in [2.45, 2.75) is 0 Å². The lowest BCUT2D eigenvalue weighted by atomic mass is 10.2. The van der Waals surface area contributed by atoms with Gasteiger partial charge in [-0.15, -0.1) is 0 Å². The molecule has 0 aliphatic rings. The molecule has 0 aromatic heterocycles. The third-order valence-electron chi connectivity index (χ3n) is 1.74. The van der Waals surface area contributed by atoms with Crippen molar-refractivity contribution in [3.8, 4) is 5.75 Å². The molecule has 0 aliphatic carbocycles. The number of esters is 1. The molecule has 0 unspecified atom stereocenters. The molecule has 1 rings (SSSR count). The zero-order chi connectivity index (χ0) is 11.3. The molecule has 0 aliphatic heterocycles. The van der Waals surface area contributed by atoms with Crippen molar-refractivity contribution in [2.75, 3.05) is 14.2 Å². The predicted octanol–water partition coefficient (Wildman–Crippen LogP) is 2.64. The van der Waals surface area contributed by atoms with Gasteiger partial charge in [-0.25, -0.2) is 4.79 Å². The summed E-state index contributed by atoms with van der Waals surface area (Å²) in [5, 5.41) is 0. The van der Waals surface area contributed by atoms with Gasteiger partial charge in [0.2, 0.25) is 0 Å². The Morgan fingerprint density at radius 2 is 2.07 bits per heavy atom. The van der Waals surface area contributed by atoms with Crippen LogP contribution >= 0.6 is 15.9 Å². The number of methoxy groups -OCH3 is 2. The fourth-order valence-electron chi connectivity index (χ4n) is 1.03. The van der Waals surface area contributed by atoms with Gasteiger partial charge in [0.15, 0.2) is 0 Å². The van der Waals surface area contributed by atoms with Gasteiger partial charge >= 0.3 is 5.97 Å². The zero-order valence-corrected chi connectivity index (χ0v) is 10.1. The standard InChI is InChI=1S/C11H11BrO3/c1-14-10-6-8(5-9(12)7-10)3-4-11(13)15-2/h3-7H,1-2H3. The van der Waals surface area contributed by atoms with Gasteiger partial charge in [0.1, 0.15) is 5.75 Å². The molecule has 0 saturated heterocycles. The van der Waals surface area contributed by atoms with Crippen molar-refractivity contribution < 1.29 is 14.3 Å². The molecule has 80 valence electrons. The second kappa shape index (κ2) is 5.56. The second-order valence-electron chi connectivity index (χ2n) is 2.78. The summed E-state index contributed by atoms with van der Waals surface area (Å²) >= 11 is 3.35. The highest BCUT2D eigenvalue weighted by molar-refractivity contribution is 9.10. The smallest absolute Gasteiger partial charge is 0.330 e. The molecule has 0 bridgehead atoms. The normalized spacial score (nSPS) is 10.3. The van der Waals surface area contributed by atoms with Gasteiger partial charge in [-0.2, -0.15) is 0 Å². The Bertz CT molecular complexity index is 385. The minimum absolute atomic E-state index is 0.381. The average molecular weight is 271 g/mol. The number of hydrogen-bond donors (Lipinski definition) is 0. The molecule has 0 radical (unpaired) electrons. The van der Waals surface area contributed by atoms with Crippen LogP contribution in [0.2, 0.25) is 0 Å². The van der Waals surface area contributed by atoms with E-state index in [4.69, 9.17) is 4.74 Å². The van der Waals surface area contributed by atoms with Gasteiger partial charge in [-0.1, -0.05) is 15.9 Å². The SMILES string of the molecule is COC(=O)C=Cc1cc(Br)cc(OC)c1. The molecule has 15 heavy (non-hydrogen) atoms.